The first-order valence-corrected chi connectivity index (χ1v) is 19.9. The molecule has 0 spiro atoms. The summed E-state index contributed by atoms with van der Waals surface area (Å²) in [4.78, 5) is 0. The fourth-order valence-corrected chi connectivity index (χ4v) is 10.2. The third-order valence-electron chi connectivity index (χ3n) is 13.1. The van der Waals surface area contributed by atoms with E-state index in [0.29, 0.717) is 0 Å². The molecule has 0 atom stereocenters. The third-order valence-corrected chi connectivity index (χ3v) is 13.1. The van der Waals surface area contributed by atoms with Crippen molar-refractivity contribution in [3.05, 3.63) is 204 Å². The van der Waals surface area contributed by atoms with Gasteiger partial charge in [0.05, 0.1) is 0 Å². The second-order valence-corrected chi connectivity index (χ2v) is 16.9. The molecule has 0 bridgehead atoms. The molecule has 0 aliphatic heterocycles. The zero-order valence-electron chi connectivity index (χ0n) is 32.3. The molecule has 0 heterocycles. The Morgan fingerprint density at radius 1 is 0.250 bits per heavy atom. The van der Waals surface area contributed by atoms with Crippen LogP contribution < -0.4 is 0 Å². The topological polar surface area (TPSA) is 0 Å². The van der Waals surface area contributed by atoms with E-state index in [9.17, 15) is 0 Å². The molecule has 56 heavy (non-hydrogen) atoms. The van der Waals surface area contributed by atoms with Gasteiger partial charge in [-0.2, -0.15) is 0 Å². The van der Waals surface area contributed by atoms with E-state index in [2.05, 4.69) is 210 Å². The molecule has 0 saturated heterocycles. The Morgan fingerprint density at radius 2 is 0.696 bits per heavy atom. The molecule has 9 aromatic carbocycles. The number of rotatable bonds is 4. The molecule has 0 aromatic heterocycles. The van der Waals surface area contributed by atoms with Gasteiger partial charge in [0.25, 0.3) is 0 Å². The molecule has 2 aliphatic rings. The van der Waals surface area contributed by atoms with Crippen LogP contribution in [0.3, 0.4) is 0 Å². The van der Waals surface area contributed by atoms with Crippen LogP contribution in [0.4, 0.5) is 0 Å². The van der Waals surface area contributed by atoms with E-state index in [1.807, 2.05) is 0 Å². The Bertz CT molecular complexity index is 3050. The molecular weight excluding hydrogens is 673 g/mol. The molecule has 11 rings (SSSR count). The lowest BCUT2D eigenvalue weighted by molar-refractivity contribution is 0.660. The molecule has 9 aromatic rings. The Labute approximate surface area is 329 Å². The van der Waals surface area contributed by atoms with E-state index in [0.717, 1.165) is 0 Å². The smallest absolute Gasteiger partial charge is 0.0159 e. The zero-order chi connectivity index (χ0) is 37.8. The van der Waals surface area contributed by atoms with Crippen molar-refractivity contribution < 1.29 is 0 Å². The highest BCUT2D eigenvalue weighted by atomic mass is 14.4. The van der Waals surface area contributed by atoms with Gasteiger partial charge < -0.3 is 0 Å². The van der Waals surface area contributed by atoms with Crippen LogP contribution in [0.2, 0.25) is 0 Å². The highest BCUT2D eigenvalue weighted by molar-refractivity contribution is 6.22. The van der Waals surface area contributed by atoms with E-state index in [-0.39, 0.29) is 10.8 Å². The van der Waals surface area contributed by atoms with Gasteiger partial charge in [-0.05, 0) is 129 Å². The summed E-state index contributed by atoms with van der Waals surface area (Å²) in [5.74, 6) is 0. The van der Waals surface area contributed by atoms with Crippen molar-refractivity contribution in [2.24, 2.45) is 0 Å². The maximum atomic E-state index is 2.47. The predicted molar refractivity (Wildman–Crippen MR) is 238 cm³/mol. The summed E-state index contributed by atoms with van der Waals surface area (Å²) in [6.07, 6.45) is 0. The van der Waals surface area contributed by atoms with Gasteiger partial charge >= 0.3 is 0 Å². The first-order chi connectivity index (χ1) is 27.3. The minimum absolute atomic E-state index is 0.0431. The molecule has 0 N–H and O–H groups in total. The van der Waals surface area contributed by atoms with Crippen LogP contribution in [0.5, 0.6) is 0 Å². The lowest BCUT2D eigenvalue weighted by Gasteiger charge is -2.23. The fraction of sp³-hybridized carbons (Fsp3) is 0.107. The molecule has 0 saturated carbocycles. The van der Waals surface area contributed by atoms with E-state index in [4.69, 9.17) is 0 Å². The van der Waals surface area contributed by atoms with Gasteiger partial charge in [0.2, 0.25) is 0 Å². The van der Waals surface area contributed by atoms with Crippen molar-refractivity contribution in [1.29, 1.82) is 0 Å². The number of benzene rings is 9. The second-order valence-electron chi connectivity index (χ2n) is 16.9. The van der Waals surface area contributed by atoms with Crippen molar-refractivity contribution in [2.75, 3.05) is 0 Å². The van der Waals surface area contributed by atoms with Gasteiger partial charge in [-0.25, -0.2) is 0 Å². The van der Waals surface area contributed by atoms with Crippen LogP contribution in [0.1, 0.15) is 49.9 Å². The van der Waals surface area contributed by atoms with Gasteiger partial charge in [-0.3, -0.25) is 0 Å². The van der Waals surface area contributed by atoms with Gasteiger partial charge in [0.1, 0.15) is 0 Å². The van der Waals surface area contributed by atoms with Gasteiger partial charge in [0.15, 0.2) is 0 Å². The van der Waals surface area contributed by atoms with Crippen molar-refractivity contribution in [2.45, 2.75) is 38.5 Å². The van der Waals surface area contributed by atoms with Gasteiger partial charge in [-0.15, -0.1) is 0 Å². The zero-order valence-corrected chi connectivity index (χ0v) is 32.3. The largest absolute Gasteiger partial charge is 0.0622 e. The SMILES string of the molecule is CC1(C)c2ccccc2-c2cc(-c3c4ccccc4c(-c4ccc(-c5ccccc5)cc4)c4ccc(-c5ccc6c(c5)C(C)(C)c5ccccc5-6)cc34)ccc21. The molecule has 0 heteroatoms. The Balaban J connectivity index is 1.17. The van der Waals surface area contributed by atoms with E-state index >= 15 is 0 Å². The van der Waals surface area contributed by atoms with E-state index in [1.165, 1.54) is 111 Å². The average Bonchev–Trinajstić information content (AvgIpc) is 3.62. The predicted octanol–water partition coefficient (Wildman–Crippen LogP) is 15.3. The lowest BCUT2D eigenvalue weighted by Crippen LogP contribution is -2.14. The normalized spacial score (nSPS) is 14.4. The standard InChI is InChI=1S/C56H42/c1-55(2)50-21-13-11-17-42(50)47-33-40(28-31-51(47)55)54-45-19-9-8-18-44(45)53(37-24-22-36(23-25-37)35-14-6-5-7-15-35)46-30-27-38(32-48(46)54)39-26-29-43-41-16-10-12-20-49(41)56(3,4)52(43)34-39/h5-34H,1-4H3. The summed E-state index contributed by atoms with van der Waals surface area (Å²) in [5, 5.41) is 5.09. The fourth-order valence-electron chi connectivity index (χ4n) is 10.2. The Hall–Kier alpha value is -6.50. The monoisotopic (exact) mass is 714 g/mol. The summed E-state index contributed by atoms with van der Waals surface area (Å²) in [6.45, 7) is 9.47. The molecular formula is C56H42. The maximum Gasteiger partial charge on any atom is 0.0159 e. The second kappa shape index (κ2) is 12.0. The Kier molecular flexibility index (Phi) is 7.05. The maximum absolute atomic E-state index is 2.47. The van der Waals surface area contributed by atoms with Crippen LogP contribution in [0.25, 0.3) is 88.3 Å². The Morgan fingerprint density at radius 3 is 1.41 bits per heavy atom. The minimum Gasteiger partial charge on any atom is -0.0622 e. The van der Waals surface area contributed by atoms with Crippen molar-refractivity contribution in [3.63, 3.8) is 0 Å². The van der Waals surface area contributed by atoms with Gasteiger partial charge in [-0.1, -0.05) is 191 Å². The van der Waals surface area contributed by atoms with Crippen LogP contribution in [-0.2, 0) is 10.8 Å². The highest BCUT2D eigenvalue weighted by Crippen LogP contribution is 2.53. The van der Waals surface area contributed by atoms with Crippen LogP contribution in [-0.4, -0.2) is 0 Å². The first-order valence-electron chi connectivity index (χ1n) is 19.9. The highest BCUT2D eigenvalue weighted by Gasteiger charge is 2.36. The van der Waals surface area contributed by atoms with Crippen LogP contribution in [0, 0.1) is 0 Å². The lowest BCUT2D eigenvalue weighted by atomic mass is 9.80. The summed E-state index contributed by atoms with van der Waals surface area (Å²) < 4.78 is 0. The van der Waals surface area contributed by atoms with Crippen LogP contribution in [0.15, 0.2) is 182 Å². The molecule has 0 amide bonds. The molecule has 0 radical (unpaired) electrons. The molecule has 0 fully saturated rings. The summed E-state index contributed by atoms with van der Waals surface area (Å²) in [6, 6.07) is 68.4. The van der Waals surface area contributed by atoms with E-state index < -0.39 is 0 Å². The number of hydrogen-bond acceptors (Lipinski definition) is 0. The summed E-state index contributed by atoms with van der Waals surface area (Å²) in [5.41, 5.74) is 20.9. The quantitative estimate of drug-likeness (QED) is 0.159. The number of hydrogen-bond donors (Lipinski definition) is 0. The number of fused-ring (bicyclic) bond motifs is 8. The first kappa shape index (κ1) is 32.9. The van der Waals surface area contributed by atoms with Gasteiger partial charge in [0, 0.05) is 10.8 Å². The molecule has 2 aliphatic carbocycles. The van der Waals surface area contributed by atoms with Crippen molar-refractivity contribution >= 4 is 21.5 Å². The van der Waals surface area contributed by atoms with Crippen LogP contribution >= 0.6 is 0 Å². The third kappa shape index (κ3) is 4.72. The summed E-state index contributed by atoms with van der Waals surface area (Å²) >= 11 is 0. The van der Waals surface area contributed by atoms with E-state index in [1.54, 1.807) is 0 Å². The molecule has 0 unspecified atom stereocenters. The minimum atomic E-state index is -0.0618. The van der Waals surface area contributed by atoms with Crippen molar-refractivity contribution in [1.82, 2.24) is 0 Å². The molecule has 266 valence electrons. The van der Waals surface area contributed by atoms with Crippen molar-refractivity contribution in [3.8, 4) is 66.8 Å². The summed E-state index contributed by atoms with van der Waals surface area (Å²) in [7, 11) is 0. The average molecular weight is 715 g/mol. The molecule has 0 nitrogen and oxygen atoms in total.